The van der Waals surface area contributed by atoms with Crippen LogP contribution in [0.2, 0.25) is 5.02 Å². The molecule has 6 N–H and O–H groups in total. The van der Waals surface area contributed by atoms with Crippen LogP contribution in [0.4, 0.5) is 0 Å². The van der Waals surface area contributed by atoms with Gasteiger partial charge in [-0.2, -0.15) is 0 Å². The first-order valence-electron chi connectivity index (χ1n) is 7.95. The number of aromatic hydroxyl groups is 1. The number of hydrogen-bond acceptors (Lipinski definition) is 6. The number of aryl methyl sites for hydroxylation is 1. The normalized spacial score (nSPS) is 14.1. The van der Waals surface area contributed by atoms with E-state index >= 15 is 0 Å². The summed E-state index contributed by atoms with van der Waals surface area (Å²) in [7, 11) is -4.66. The minimum Gasteiger partial charge on any atom is -0.508 e. The molecule has 0 saturated carbocycles. The lowest BCUT2D eigenvalue weighted by Crippen LogP contribution is -2.48. The molecule has 10 heteroatoms. The minimum absolute atomic E-state index is 0.184. The van der Waals surface area contributed by atoms with Crippen molar-refractivity contribution in [3.63, 3.8) is 0 Å². The lowest BCUT2D eigenvalue weighted by atomic mass is 9.94. The monoisotopic (exact) mass is 433 g/mol. The molecule has 0 fully saturated rings. The second-order valence-electron chi connectivity index (χ2n) is 6.14. The number of aliphatic hydroxyl groups excluding tert-OH is 1. The summed E-state index contributed by atoms with van der Waals surface area (Å²) in [4.78, 5) is 19.3. The maximum atomic E-state index is 10.8. The molecule has 2 rings (SSSR count). The molecule has 0 spiro atoms. The second kappa shape index (κ2) is 9.41. The fourth-order valence-corrected chi connectivity index (χ4v) is 3.95. The van der Waals surface area contributed by atoms with Crippen LogP contribution in [-0.4, -0.2) is 38.8 Å². The number of nitrogens with two attached hydrogens (primary N) is 1. The number of phenols is 1. The molecule has 1 atom stereocenters. The van der Waals surface area contributed by atoms with Crippen LogP contribution in [0.15, 0.2) is 52.3 Å². The Bertz CT molecular complexity index is 833. The minimum atomic E-state index is -4.66. The summed E-state index contributed by atoms with van der Waals surface area (Å²) < 4.78 is 15.3. The van der Waals surface area contributed by atoms with E-state index in [9.17, 15) is 14.8 Å². The molecule has 148 valence electrons. The van der Waals surface area contributed by atoms with Gasteiger partial charge in [-0.1, -0.05) is 35.5 Å². The van der Waals surface area contributed by atoms with Gasteiger partial charge in [-0.05, 0) is 48.7 Å². The van der Waals surface area contributed by atoms with Crippen molar-refractivity contribution in [1.82, 2.24) is 0 Å². The quantitative estimate of drug-likeness (QED) is 0.381. The van der Waals surface area contributed by atoms with Crippen molar-refractivity contribution in [3.8, 4) is 5.75 Å². The van der Waals surface area contributed by atoms with Gasteiger partial charge in [-0.25, -0.2) is 4.57 Å². The van der Waals surface area contributed by atoms with E-state index in [1.54, 1.807) is 24.3 Å². The van der Waals surface area contributed by atoms with Gasteiger partial charge >= 0.3 is 7.82 Å². The summed E-state index contributed by atoms with van der Waals surface area (Å²) in [6, 6.07) is 12.4. The molecule has 0 amide bonds. The standard InChI is InChI=1S/C17H21ClNO6PS/c18-16-9-15(27-14-3-1-2-13(21)8-14)5-4-12(16)6-7-17(19,10-20)11-25-26(22,23)24/h1-5,8-9,20-21H,6-7,10-11,19H2,(H2,22,23,24). The van der Waals surface area contributed by atoms with Crippen molar-refractivity contribution >= 4 is 31.2 Å². The van der Waals surface area contributed by atoms with Gasteiger partial charge in [0.05, 0.1) is 18.8 Å². The number of benzene rings is 2. The number of phosphoric acid groups is 1. The Labute approximate surface area is 166 Å². The topological polar surface area (TPSA) is 133 Å². The zero-order chi connectivity index (χ0) is 20.1. The van der Waals surface area contributed by atoms with Gasteiger partial charge in [-0.3, -0.25) is 4.52 Å². The van der Waals surface area contributed by atoms with E-state index in [0.717, 1.165) is 15.4 Å². The molecule has 0 heterocycles. The average molecular weight is 434 g/mol. The number of aliphatic hydroxyl groups is 1. The lowest BCUT2D eigenvalue weighted by molar-refractivity contribution is 0.102. The van der Waals surface area contributed by atoms with Gasteiger partial charge < -0.3 is 25.7 Å². The number of halogens is 1. The van der Waals surface area contributed by atoms with Crippen LogP contribution in [0.25, 0.3) is 0 Å². The van der Waals surface area contributed by atoms with E-state index in [1.807, 2.05) is 18.2 Å². The third-order valence-electron chi connectivity index (χ3n) is 3.81. The smallest absolute Gasteiger partial charge is 0.469 e. The molecule has 0 aromatic heterocycles. The molecule has 0 aliphatic rings. The molecule has 27 heavy (non-hydrogen) atoms. The van der Waals surface area contributed by atoms with Crippen LogP contribution in [0.1, 0.15) is 12.0 Å². The van der Waals surface area contributed by atoms with E-state index in [-0.39, 0.29) is 12.2 Å². The summed E-state index contributed by atoms with van der Waals surface area (Å²) in [6.07, 6.45) is 0.625. The van der Waals surface area contributed by atoms with Crippen molar-refractivity contribution in [2.75, 3.05) is 13.2 Å². The van der Waals surface area contributed by atoms with Crippen LogP contribution in [-0.2, 0) is 15.5 Å². The van der Waals surface area contributed by atoms with Gasteiger partial charge in [-0.15, -0.1) is 0 Å². The molecule has 2 aromatic rings. The third kappa shape index (κ3) is 7.44. The maximum Gasteiger partial charge on any atom is 0.469 e. The summed E-state index contributed by atoms with van der Waals surface area (Å²) in [6.45, 7) is -0.965. The summed E-state index contributed by atoms with van der Waals surface area (Å²) >= 11 is 7.77. The largest absolute Gasteiger partial charge is 0.508 e. The molecule has 0 aliphatic carbocycles. The van der Waals surface area contributed by atoms with E-state index < -0.39 is 26.6 Å². The number of rotatable bonds is 9. The molecule has 7 nitrogen and oxygen atoms in total. The van der Waals surface area contributed by atoms with Crippen molar-refractivity contribution in [2.24, 2.45) is 5.73 Å². The number of hydrogen-bond donors (Lipinski definition) is 5. The van der Waals surface area contributed by atoms with Gasteiger partial charge in [0, 0.05) is 14.8 Å². The van der Waals surface area contributed by atoms with E-state index in [4.69, 9.17) is 27.1 Å². The Morgan fingerprint density at radius 2 is 1.89 bits per heavy atom. The van der Waals surface area contributed by atoms with Gasteiger partial charge in [0.25, 0.3) is 0 Å². The van der Waals surface area contributed by atoms with E-state index in [0.29, 0.717) is 11.4 Å². The van der Waals surface area contributed by atoms with Crippen LogP contribution < -0.4 is 5.73 Å². The highest BCUT2D eigenvalue weighted by molar-refractivity contribution is 7.99. The molecule has 0 bridgehead atoms. The van der Waals surface area contributed by atoms with E-state index in [2.05, 4.69) is 4.52 Å². The molecule has 0 aliphatic heterocycles. The van der Waals surface area contributed by atoms with Gasteiger partial charge in [0.15, 0.2) is 0 Å². The fourth-order valence-electron chi connectivity index (χ4n) is 2.27. The highest BCUT2D eigenvalue weighted by Crippen LogP contribution is 2.37. The van der Waals surface area contributed by atoms with Crippen LogP contribution in [0.3, 0.4) is 0 Å². The zero-order valence-electron chi connectivity index (χ0n) is 14.3. The van der Waals surface area contributed by atoms with Crippen LogP contribution in [0, 0.1) is 0 Å². The summed E-state index contributed by atoms with van der Waals surface area (Å²) in [5.74, 6) is 0.184. The Morgan fingerprint density at radius 1 is 1.19 bits per heavy atom. The van der Waals surface area contributed by atoms with Crippen LogP contribution in [0.5, 0.6) is 5.75 Å². The third-order valence-corrected chi connectivity index (χ3v) is 5.60. The predicted molar refractivity (Wildman–Crippen MR) is 104 cm³/mol. The number of phenolic OH excluding ortho intramolecular Hbond substituents is 1. The van der Waals surface area contributed by atoms with Crippen molar-refractivity contribution in [3.05, 3.63) is 53.1 Å². The molecule has 0 saturated heterocycles. The van der Waals surface area contributed by atoms with Gasteiger partial charge in [0.1, 0.15) is 5.75 Å². The predicted octanol–water partition coefficient (Wildman–Crippen LogP) is 2.93. The second-order valence-corrected chi connectivity index (χ2v) is 8.93. The molecule has 0 radical (unpaired) electrons. The lowest BCUT2D eigenvalue weighted by Gasteiger charge is -2.27. The summed E-state index contributed by atoms with van der Waals surface area (Å²) in [5, 5.41) is 19.5. The first-order valence-corrected chi connectivity index (χ1v) is 10.7. The highest BCUT2D eigenvalue weighted by atomic mass is 35.5. The Kier molecular flexibility index (Phi) is 7.73. The van der Waals surface area contributed by atoms with Gasteiger partial charge in [0.2, 0.25) is 0 Å². The molecule has 1 unspecified atom stereocenters. The van der Waals surface area contributed by atoms with Crippen molar-refractivity contribution in [2.45, 2.75) is 28.2 Å². The Hall–Kier alpha value is -1.09. The maximum absolute atomic E-state index is 10.8. The van der Waals surface area contributed by atoms with Crippen LogP contribution >= 0.6 is 31.2 Å². The fraction of sp³-hybridized carbons (Fsp3) is 0.294. The number of phosphoric ester groups is 1. The molecule has 2 aromatic carbocycles. The summed E-state index contributed by atoms with van der Waals surface area (Å²) in [5.41, 5.74) is 5.46. The first kappa shape index (κ1) is 22.2. The van der Waals surface area contributed by atoms with Crippen molar-refractivity contribution < 1.29 is 29.1 Å². The SMILES string of the molecule is NC(CO)(CCc1ccc(Sc2cccc(O)c2)cc1Cl)COP(=O)(O)O. The average Bonchev–Trinajstić information content (AvgIpc) is 2.59. The Balaban J connectivity index is 2.01. The Morgan fingerprint density at radius 3 is 2.48 bits per heavy atom. The van der Waals surface area contributed by atoms with Crippen molar-refractivity contribution in [1.29, 1.82) is 0 Å². The molecular formula is C17H21ClNO6PS. The molecular weight excluding hydrogens is 413 g/mol. The van der Waals surface area contributed by atoms with E-state index in [1.165, 1.54) is 11.8 Å². The zero-order valence-corrected chi connectivity index (χ0v) is 16.8. The first-order chi connectivity index (χ1) is 12.6. The highest BCUT2D eigenvalue weighted by Gasteiger charge is 2.28.